The smallest absolute Gasteiger partial charge is 0.269 e. The number of nitrogens with zero attached hydrogens (tertiary/aromatic N) is 5. The molecule has 0 bridgehead atoms. The van der Waals surface area contributed by atoms with Gasteiger partial charge in [-0.2, -0.15) is 0 Å². The number of nitro benzene ring substituents is 1. The van der Waals surface area contributed by atoms with Gasteiger partial charge in [-0.15, -0.1) is 10.2 Å². The molecular weight excluding hydrogens is 338 g/mol. The summed E-state index contributed by atoms with van der Waals surface area (Å²) in [4.78, 5) is 13.0. The molecule has 1 aliphatic heterocycles. The third-order valence-electron chi connectivity index (χ3n) is 4.78. The molecule has 2 aliphatic rings. The second-order valence-corrected chi connectivity index (χ2v) is 8.00. The minimum Gasteiger partial charge on any atom is -0.341 e. The van der Waals surface area contributed by atoms with E-state index in [-0.39, 0.29) is 15.9 Å². The number of nitro groups is 1. The molecule has 1 saturated heterocycles. The Bertz CT molecular complexity index is 783. The van der Waals surface area contributed by atoms with Crippen molar-refractivity contribution in [3.8, 4) is 0 Å². The van der Waals surface area contributed by atoms with Crippen molar-refractivity contribution in [1.29, 1.82) is 0 Å². The number of hydrogen-bond acceptors (Lipinski definition) is 6. The van der Waals surface area contributed by atoms with Crippen LogP contribution in [0.1, 0.15) is 49.5 Å². The fourth-order valence-corrected chi connectivity index (χ4v) is 4.28. The summed E-state index contributed by atoms with van der Waals surface area (Å²) in [5, 5.41) is 20.9. The highest BCUT2D eigenvalue weighted by Gasteiger charge is 2.33. The van der Waals surface area contributed by atoms with Crippen LogP contribution in [-0.4, -0.2) is 32.8 Å². The van der Waals surface area contributed by atoms with Crippen LogP contribution in [0.2, 0.25) is 0 Å². The average molecular weight is 359 g/mol. The molecular formula is C17H21N5O2S. The molecule has 7 nitrogen and oxygen atoms in total. The van der Waals surface area contributed by atoms with Crippen LogP contribution in [0.3, 0.4) is 0 Å². The maximum absolute atomic E-state index is 11.0. The van der Waals surface area contributed by atoms with Crippen LogP contribution < -0.4 is 4.90 Å². The lowest BCUT2D eigenvalue weighted by atomic mass is 10.1. The quantitative estimate of drug-likeness (QED) is 0.441. The van der Waals surface area contributed by atoms with Crippen molar-refractivity contribution in [2.24, 2.45) is 0 Å². The number of anilines is 1. The fraction of sp³-hybridized carbons (Fsp3) is 0.529. The lowest BCUT2D eigenvalue weighted by Gasteiger charge is -2.18. The van der Waals surface area contributed by atoms with E-state index in [1.165, 1.54) is 31.7 Å². The monoisotopic (exact) mass is 359 g/mol. The molecule has 0 spiro atoms. The Morgan fingerprint density at radius 2 is 2.04 bits per heavy atom. The molecule has 4 rings (SSSR count). The summed E-state index contributed by atoms with van der Waals surface area (Å²) in [6.07, 6.45) is 4.78. The summed E-state index contributed by atoms with van der Waals surface area (Å²) in [5.41, 5.74) is 1.07. The largest absolute Gasteiger partial charge is 0.341 e. The third kappa shape index (κ3) is 3.35. The number of thioether (sulfide) groups is 1. The molecule has 2 heterocycles. The van der Waals surface area contributed by atoms with E-state index in [0.717, 1.165) is 29.8 Å². The number of non-ortho nitro benzene ring substituents is 1. The summed E-state index contributed by atoms with van der Waals surface area (Å²) in [7, 11) is 0. The van der Waals surface area contributed by atoms with E-state index >= 15 is 0 Å². The van der Waals surface area contributed by atoms with E-state index in [1.54, 1.807) is 23.9 Å². The van der Waals surface area contributed by atoms with E-state index in [2.05, 4.69) is 26.6 Å². The summed E-state index contributed by atoms with van der Waals surface area (Å²) in [6.45, 7) is 4.16. The predicted octanol–water partition coefficient (Wildman–Crippen LogP) is 3.97. The zero-order valence-corrected chi connectivity index (χ0v) is 15.0. The van der Waals surface area contributed by atoms with Crippen molar-refractivity contribution in [2.75, 3.05) is 18.0 Å². The normalized spacial score (nSPS) is 18.5. The van der Waals surface area contributed by atoms with Crippen molar-refractivity contribution in [3.63, 3.8) is 0 Å². The zero-order valence-electron chi connectivity index (χ0n) is 14.2. The SMILES string of the molecule is CC(Sc1nnc(N2CCCC2)n1C1CC1)c1cccc([N+](=O)[O-])c1. The second-order valence-electron chi connectivity index (χ2n) is 6.69. The molecule has 0 amide bonds. The van der Waals surface area contributed by atoms with E-state index in [1.807, 2.05) is 6.07 Å². The van der Waals surface area contributed by atoms with Gasteiger partial charge in [-0.25, -0.2) is 0 Å². The van der Waals surface area contributed by atoms with Crippen molar-refractivity contribution >= 4 is 23.4 Å². The van der Waals surface area contributed by atoms with Crippen molar-refractivity contribution < 1.29 is 4.92 Å². The van der Waals surface area contributed by atoms with Crippen LogP contribution >= 0.6 is 11.8 Å². The molecule has 2 fully saturated rings. The van der Waals surface area contributed by atoms with Crippen LogP contribution in [0.4, 0.5) is 11.6 Å². The van der Waals surface area contributed by atoms with Crippen LogP contribution in [0, 0.1) is 10.1 Å². The molecule has 1 aromatic carbocycles. The van der Waals surface area contributed by atoms with Crippen LogP contribution in [-0.2, 0) is 0 Å². The van der Waals surface area contributed by atoms with Gasteiger partial charge in [0.2, 0.25) is 5.95 Å². The molecule has 1 aromatic heterocycles. The van der Waals surface area contributed by atoms with Crippen LogP contribution in [0.5, 0.6) is 0 Å². The van der Waals surface area contributed by atoms with Crippen LogP contribution in [0.15, 0.2) is 29.4 Å². The molecule has 0 radical (unpaired) electrons. The van der Waals surface area contributed by atoms with Crippen molar-refractivity contribution in [3.05, 3.63) is 39.9 Å². The molecule has 8 heteroatoms. The van der Waals surface area contributed by atoms with Gasteiger partial charge in [0.25, 0.3) is 5.69 Å². The van der Waals surface area contributed by atoms with E-state index < -0.39 is 0 Å². The van der Waals surface area contributed by atoms with Crippen LogP contribution in [0.25, 0.3) is 0 Å². The lowest BCUT2D eigenvalue weighted by molar-refractivity contribution is -0.384. The Kier molecular flexibility index (Phi) is 4.37. The Morgan fingerprint density at radius 1 is 1.28 bits per heavy atom. The molecule has 25 heavy (non-hydrogen) atoms. The standard InChI is InChI=1S/C17H21N5O2S/c1-12(13-5-4-6-15(11-13)22(23)24)25-17-19-18-16(20-9-2-3-10-20)21(17)14-7-8-14/h4-6,11-12,14H,2-3,7-10H2,1H3. The Morgan fingerprint density at radius 3 is 2.72 bits per heavy atom. The highest BCUT2D eigenvalue weighted by molar-refractivity contribution is 7.99. The van der Waals surface area contributed by atoms with E-state index in [0.29, 0.717) is 6.04 Å². The first kappa shape index (κ1) is 16.4. The highest BCUT2D eigenvalue weighted by Crippen LogP contribution is 2.44. The zero-order chi connectivity index (χ0) is 17.4. The number of benzene rings is 1. The highest BCUT2D eigenvalue weighted by atomic mass is 32.2. The van der Waals surface area contributed by atoms with Gasteiger partial charge in [-0.1, -0.05) is 23.9 Å². The third-order valence-corrected chi connectivity index (χ3v) is 5.89. The van der Waals surface area contributed by atoms with Gasteiger partial charge in [0.05, 0.1) is 4.92 Å². The fourth-order valence-electron chi connectivity index (χ4n) is 3.25. The van der Waals surface area contributed by atoms with Crippen molar-refractivity contribution in [1.82, 2.24) is 14.8 Å². The predicted molar refractivity (Wildman–Crippen MR) is 97.1 cm³/mol. The first-order valence-electron chi connectivity index (χ1n) is 8.74. The second kappa shape index (κ2) is 6.67. The number of hydrogen-bond donors (Lipinski definition) is 0. The first-order chi connectivity index (χ1) is 12.1. The Hall–Kier alpha value is -2.09. The van der Waals surface area contributed by atoms with Gasteiger partial charge in [-0.3, -0.25) is 14.7 Å². The topological polar surface area (TPSA) is 77.1 Å². The maximum atomic E-state index is 11.0. The average Bonchev–Trinajstić information content (AvgIpc) is 3.14. The number of aromatic nitrogens is 3. The first-order valence-corrected chi connectivity index (χ1v) is 9.62. The van der Waals surface area contributed by atoms with Gasteiger partial charge in [0.1, 0.15) is 0 Å². The van der Waals surface area contributed by atoms with Gasteiger partial charge < -0.3 is 4.90 Å². The molecule has 2 aromatic rings. The summed E-state index contributed by atoms with van der Waals surface area (Å²) < 4.78 is 2.28. The molecule has 132 valence electrons. The molecule has 0 N–H and O–H groups in total. The van der Waals surface area contributed by atoms with E-state index in [9.17, 15) is 10.1 Å². The minimum absolute atomic E-state index is 0.0769. The van der Waals surface area contributed by atoms with Gasteiger partial charge in [-0.05, 0) is 38.2 Å². The molecule has 1 unspecified atom stereocenters. The van der Waals surface area contributed by atoms with Gasteiger partial charge in [0.15, 0.2) is 5.16 Å². The molecule has 1 atom stereocenters. The maximum Gasteiger partial charge on any atom is 0.269 e. The summed E-state index contributed by atoms with van der Waals surface area (Å²) >= 11 is 1.63. The van der Waals surface area contributed by atoms with E-state index in [4.69, 9.17) is 0 Å². The minimum atomic E-state index is -0.348. The molecule has 1 aliphatic carbocycles. The van der Waals surface area contributed by atoms with Gasteiger partial charge in [0, 0.05) is 36.5 Å². The van der Waals surface area contributed by atoms with Crippen molar-refractivity contribution in [2.45, 2.75) is 49.1 Å². The van der Waals surface area contributed by atoms with Gasteiger partial charge >= 0.3 is 0 Å². The lowest BCUT2D eigenvalue weighted by Crippen LogP contribution is -2.22. The Balaban J connectivity index is 1.58. The summed E-state index contributed by atoms with van der Waals surface area (Å²) in [5.74, 6) is 0.994. The molecule has 1 saturated carbocycles. The number of rotatable bonds is 6. The summed E-state index contributed by atoms with van der Waals surface area (Å²) in [6, 6.07) is 7.36. The Labute approximate surface area is 150 Å².